The molecule has 0 fully saturated rings. The van der Waals surface area contributed by atoms with Gasteiger partial charge in [-0.3, -0.25) is 0 Å². The number of hydrogen-bond acceptors (Lipinski definition) is 4. The van der Waals surface area contributed by atoms with Crippen LogP contribution in [0.25, 0.3) is 0 Å². The number of hydrogen-bond donors (Lipinski definition) is 2. The lowest BCUT2D eigenvalue weighted by Gasteiger charge is -2.16. The van der Waals surface area contributed by atoms with Gasteiger partial charge in [0.1, 0.15) is 0 Å². The number of aliphatic imine (C=N–C) groups is 1. The van der Waals surface area contributed by atoms with E-state index in [4.69, 9.17) is 5.11 Å². The summed E-state index contributed by atoms with van der Waals surface area (Å²) in [6, 6.07) is 9.03. The van der Waals surface area contributed by atoms with Gasteiger partial charge in [0, 0.05) is 6.42 Å². The van der Waals surface area contributed by atoms with Gasteiger partial charge in [-0.25, -0.2) is 9.59 Å². The van der Waals surface area contributed by atoms with Gasteiger partial charge in [-0.15, -0.1) is 0 Å². The van der Waals surface area contributed by atoms with Crippen molar-refractivity contribution in [3.63, 3.8) is 0 Å². The molecule has 1 unspecified atom stereocenters. The molecule has 1 aromatic carbocycles. The minimum Gasteiger partial charge on any atom is -0.478 e. The van der Waals surface area contributed by atoms with Gasteiger partial charge >= 0.3 is 5.97 Å². The molecule has 0 saturated carbocycles. The number of carboxylic acids is 1. The van der Waals surface area contributed by atoms with E-state index in [1.54, 1.807) is 24.3 Å². The first kappa shape index (κ1) is 12.1. The molecular weight excluding hydrogens is 210 g/mol. The number of nitrogens with zero attached hydrogens (tertiary/aromatic N) is 1. The van der Waals surface area contributed by atoms with Crippen LogP contribution in [0.1, 0.15) is 12.0 Å². The Morgan fingerprint density at radius 1 is 1.38 bits per heavy atom. The van der Waals surface area contributed by atoms with Crippen molar-refractivity contribution in [1.29, 1.82) is 0 Å². The van der Waals surface area contributed by atoms with Crippen LogP contribution in [0.2, 0.25) is 0 Å². The molecule has 0 aliphatic carbocycles. The van der Waals surface area contributed by atoms with Gasteiger partial charge in [-0.2, -0.15) is 4.99 Å². The van der Waals surface area contributed by atoms with Gasteiger partial charge in [0.15, 0.2) is 0 Å². The van der Waals surface area contributed by atoms with E-state index in [0.717, 1.165) is 11.6 Å². The van der Waals surface area contributed by atoms with Crippen molar-refractivity contribution in [2.45, 2.75) is 18.6 Å². The Labute approximate surface area is 92.1 Å². The number of isocyanates is 1. The lowest BCUT2D eigenvalue weighted by Crippen LogP contribution is -2.36. The maximum Gasteiger partial charge on any atom is 0.359 e. The second-order valence-electron chi connectivity index (χ2n) is 3.31. The Balaban J connectivity index is 2.72. The van der Waals surface area contributed by atoms with Crippen molar-refractivity contribution in [3.8, 4) is 0 Å². The summed E-state index contributed by atoms with van der Waals surface area (Å²) in [5.74, 6) is -1.55. The van der Waals surface area contributed by atoms with E-state index in [2.05, 4.69) is 4.99 Å². The summed E-state index contributed by atoms with van der Waals surface area (Å²) >= 11 is 0. The maximum atomic E-state index is 10.7. The van der Waals surface area contributed by atoms with Crippen molar-refractivity contribution in [1.82, 2.24) is 0 Å². The predicted octanol–water partition coefficient (Wildman–Crippen LogP) is 0.728. The summed E-state index contributed by atoms with van der Waals surface area (Å²) in [5, 5.41) is 18.2. The maximum absolute atomic E-state index is 10.7. The van der Waals surface area contributed by atoms with E-state index in [1.807, 2.05) is 6.07 Å². The molecule has 0 aliphatic heterocycles. The van der Waals surface area contributed by atoms with Gasteiger partial charge in [-0.05, 0) is 12.0 Å². The number of aliphatic carboxylic acids is 1. The quantitative estimate of drug-likeness (QED) is 0.566. The zero-order chi connectivity index (χ0) is 12.0. The van der Waals surface area contributed by atoms with Gasteiger partial charge in [0.2, 0.25) is 6.08 Å². The summed E-state index contributed by atoms with van der Waals surface area (Å²) in [6.07, 6.45) is 1.22. The molecule has 0 saturated heterocycles. The Morgan fingerprint density at radius 3 is 2.50 bits per heavy atom. The number of benzene rings is 1. The highest BCUT2D eigenvalue weighted by Gasteiger charge is 2.35. The number of aryl methyl sites for hydroxylation is 1. The van der Waals surface area contributed by atoms with Crippen molar-refractivity contribution in [2.24, 2.45) is 4.99 Å². The lowest BCUT2D eigenvalue weighted by molar-refractivity contribution is -0.158. The lowest BCUT2D eigenvalue weighted by atomic mass is 10.0. The zero-order valence-corrected chi connectivity index (χ0v) is 8.46. The van der Waals surface area contributed by atoms with Gasteiger partial charge < -0.3 is 10.2 Å². The smallest absolute Gasteiger partial charge is 0.359 e. The predicted molar refractivity (Wildman–Crippen MR) is 55.5 cm³/mol. The van der Waals surface area contributed by atoms with E-state index in [-0.39, 0.29) is 6.42 Å². The fraction of sp³-hybridized carbons (Fsp3) is 0.273. The third kappa shape index (κ3) is 3.02. The largest absolute Gasteiger partial charge is 0.478 e. The standard InChI is InChI=1S/C11H11NO4/c13-8-12-11(16,10(14)15)7-6-9-4-2-1-3-5-9/h1-5,16H,6-7H2,(H,14,15). The molecule has 5 nitrogen and oxygen atoms in total. The second kappa shape index (κ2) is 5.21. The van der Waals surface area contributed by atoms with Crippen molar-refractivity contribution in [3.05, 3.63) is 35.9 Å². The molecule has 1 aromatic rings. The number of carbonyl (C=O) groups is 1. The first-order chi connectivity index (χ1) is 7.58. The normalized spacial score (nSPS) is 13.6. The van der Waals surface area contributed by atoms with E-state index >= 15 is 0 Å². The summed E-state index contributed by atoms with van der Waals surface area (Å²) in [4.78, 5) is 23.7. The average Bonchev–Trinajstić information content (AvgIpc) is 2.28. The molecule has 1 rings (SSSR count). The summed E-state index contributed by atoms with van der Waals surface area (Å²) in [5.41, 5.74) is -1.51. The molecule has 1 atom stereocenters. The number of aliphatic hydroxyl groups is 1. The Morgan fingerprint density at radius 2 is 2.00 bits per heavy atom. The van der Waals surface area contributed by atoms with E-state index in [9.17, 15) is 14.7 Å². The molecule has 0 radical (unpaired) electrons. The number of rotatable bonds is 5. The van der Waals surface area contributed by atoms with Crippen LogP contribution in [-0.2, 0) is 16.0 Å². The molecule has 84 valence electrons. The molecular formula is C11H11NO4. The molecule has 2 N–H and O–H groups in total. The topological polar surface area (TPSA) is 87.0 Å². The van der Waals surface area contributed by atoms with E-state index < -0.39 is 11.7 Å². The monoisotopic (exact) mass is 221 g/mol. The number of carboxylic acid groups (broad SMARTS) is 1. The van der Waals surface area contributed by atoms with Crippen LogP contribution in [0.4, 0.5) is 0 Å². The Kier molecular flexibility index (Phi) is 3.94. The summed E-state index contributed by atoms with van der Waals surface area (Å²) < 4.78 is 0. The van der Waals surface area contributed by atoms with Crippen LogP contribution in [0.3, 0.4) is 0 Å². The zero-order valence-electron chi connectivity index (χ0n) is 8.46. The minimum absolute atomic E-state index is 0.165. The fourth-order valence-corrected chi connectivity index (χ4v) is 1.25. The molecule has 0 amide bonds. The third-order valence-corrected chi connectivity index (χ3v) is 2.18. The van der Waals surface area contributed by atoms with Gasteiger partial charge in [0.05, 0.1) is 0 Å². The van der Waals surface area contributed by atoms with Crippen LogP contribution in [0, 0.1) is 0 Å². The molecule has 0 heterocycles. The Hall–Kier alpha value is -1.97. The molecule has 0 bridgehead atoms. The minimum atomic E-state index is -2.38. The molecule has 0 spiro atoms. The van der Waals surface area contributed by atoms with Gasteiger partial charge in [-0.1, -0.05) is 30.3 Å². The molecule has 5 heteroatoms. The highest BCUT2D eigenvalue weighted by molar-refractivity contribution is 5.77. The third-order valence-electron chi connectivity index (χ3n) is 2.18. The van der Waals surface area contributed by atoms with Crippen molar-refractivity contribution < 1.29 is 19.8 Å². The van der Waals surface area contributed by atoms with Crippen LogP contribution >= 0.6 is 0 Å². The first-order valence-electron chi connectivity index (χ1n) is 4.67. The average molecular weight is 221 g/mol. The molecule has 16 heavy (non-hydrogen) atoms. The van der Waals surface area contributed by atoms with E-state index in [1.165, 1.54) is 0 Å². The van der Waals surface area contributed by atoms with Crippen LogP contribution in [0.5, 0.6) is 0 Å². The van der Waals surface area contributed by atoms with Crippen molar-refractivity contribution in [2.75, 3.05) is 0 Å². The fourth-order valence-electron chi connectivity index (χ4n) is 1.25. The highest BCUT2D eigenvalue weighted by atomic mass is 16.4. The molecule has 0 aromatic heterocycles. The summed E-state index contributed by atoms with van der Waals surface area (Å²) in [7, 11) is 0. The van der Waals surface area contributed by atoms with Crippen LogP contribution in [0.15, 0.2) is 35.3 Å². The summed E-state index contributed by atoms with van der Waals surface area (Å²) in [6.45, 7) is 0. The molecule has 0 aliphatic rings. The SMILES string of the molecule is O=C=NC(O)(CCc1ccccc1)C(=O)O. The van der Waals surface area contributed by atoms with Crippen LogP contribution < -0.4 is 0 Å². The van der Waals surface area contributed by atoms with Crippen molar-refractivity contribution >= 4 is 12.0 Å². The highest BCUT2D eigenvalue weighted by Crippen LogP contribution is 2.16. The van der Waals surface area contributed by atoms with E-state index in [0.29, 0.717) is 6.42 Å². The Bertz CT molecular complexity index is 407. The second-order valence-corrected chi connectivity index (χ2v) is 3.31. The van der Waals surface area contributed by atoms with Gasteiger partial charge in [0.25, 0.3) is 5.72 Å². The number of carbonyl (C=O) groups excluding carboxylic acids is 1. The van der Waals surface area contributed by atoms with Crippen LogP contribution in [-0.4, -0.2) is 28.0 Å². The first-order valence-corrected chi connectivity index (χ1v) is 4.67.